The third kappa shape index (κ3) is 7.52. The van der Waals surface area contributed by atoms with E-state index in [-0.39, 0.29) is 18.3 Å². The fraction of sp³-hybridized carbons (Fsp3) is 0.412. The molecule has 2 aromatic rings. The Kier molecular flexibility index (Phi) is 10.4. The first-order valence-corrected chi connectivity index (χ1v) is 8.88. The van der Waals surface area contributed by atoms with Gasteiger partial charge in [0.15, 0.2) is 5.16 Å². The van der Waals surface area contributed by atoms with E-state index in [9.17, 15) is 4.79 Å². The molecule has 0 aliphatic carbocycles. The summed E-state index contributed by atoms with van der Waals surface area (Å²) in [4.78, 5) is 24.3. The Morgan fingerprint density at radius 3 is 2.62 bits per heavy atom. The number of hydrogen-bond donors (Lipinski definition) is 0. The second-order valence-corrected chi connectivity index (χ2v) is 5.09. The molecule has 0 spiro atoms. The Hall–Kier alpha value is -1.99. The van der Waals surface area contributed by atoms with Gasteiger partial charge in [-0.1, -0.05) is 31.7 Å². The molecule has 0 bridgehead atoms. The van der Waals surface area contributed by atoms with Crippen molar-refractivity contribution in [3.05, 3.63) is 36.7 Å². The highest BCUT2D eigenvalue weighted by Gasteiger charge is 2.08. The van der Waals surface area contributed by atoms with E-state index in [1.54, 1.807) is 18.5 Å². The molecule has 0 N–H and O–H groups in total. The average molecular weight is 349 g/mol. The smallest absolute Gasteiger partial charge is 0.316 e. The second kappa shape index (κ2) is 12.4. The van der Waals surface area contributed by atoms with Crippen LogP contribution in [0.5, 0.6) is 0 Å². The van der Waals surface area contributed by atoms with E-state index in [1.807, 2.05) is 39.0 Å². The quantitative estimate of drug-likeness (QED) is 0.313. The molecule has 0 radical (unpaired) electrons. The Labute approximate surface area is 147 Å². The lowest BCUT2D eigenvalue weighted by atomic mass is 10.3. The molecule has 0 saturated heterocycles. The van der Waals surface area contributed by atoms with Crippen LogP contribution >= 0.6 is 11.8 Å². The van der Waals surface area contributed by atoms with Gasteiger partial charge in [0.1, 0.15) is 6.61 Å². The standard InChI is InChI=1S/C15H17N3O3S.C2H6/c1-2-20-9-10-21-14(19)11-22-15-17-8-6-13(18-15)12-5-3-4-7-16-12;1-2/h3-8H,2,9-11H2,1H3;1-2H3. The molecule has 0 fully saturated rings. The highest BCUT2D eigenvalue weighted by molar-refractivity contribution is 7.99. The van der Waals surface area contributed by atoms with Gasteiger partial charge in [0.05, 0.1) is 23.7 Å². The molecule has 0 aromatic carbocycles. The summed E-state index contributed by atoms with van der Waals surface area (Å²) >= 11 is 1.24. The molecule has 0 aliphatic heterocycles. The van der Waals surface area contributed by atoms with Gasteiger partial charge in [-0.3, -0.25) is 9.78 Å². The monoisotopic (exact) mass is 349 g/mol. The van der Waals surface area contributed by atoms with E-state index in [0.717, 1.165) is 11.4 Å². The van der Waals surface area contributed by atoms with Gasteiger partial charge in [0.2, 0.25) is 0 Å². The summed E-state index contributed by atoms with van der Waals surface area (Å²) in [6.45, 7) is 7.19. The van der Waals surface area contributed by atoms with Gasteiger partial charge in [0.25, 0.3) is 0 Å². The van der Waals surface area contributed by atoms with Crippen LogP contribution in [-0.4, -0.2) is 46.5 Å². The molecule has 130 valence electrons. The number of aromatic nitrogens is 3. The summed E-state index contributed by atoms with van der Waals surface area (Å²) in [6.07, 6.45) is 3.36. The van der Waals surface area contributed by atoms with Crippen LogP contribution in [-0.2, 0) is 14.3 Å². The largest absolute Gasteiger partial charge is 0.463 e. The molecule has 0 unspecified atom stereocenters. The van der Waals surface area contributed by atoms with Crippen molar-refractivity contribution < 1.29 is 14.3 Å². The van der Waals surface area contributed by atoms with Crippen LogP contribution in [0.2, 0.25) is 0 Å². The minimum atomic E-state index is -0.309. The maximum absolute atomic E-state index is 11.6. The predicted molar refractivity (Wildman–Crippen MR) is 94.8 cm³/mol. The maximum atomic E-state index is 11.6. The molecule has 0 amide bonds. The van der Waals surface area contributed by atoms with Gasteiger partial charge in [-0.25, -0.2) is 9.97 Å². The molecule has 2 heterocycles. The zero-order valence-corrected chi connectivity index (χ0v) is 15.1. The van der Waals surface area contributed by atoms with E-state index in [0.29, 0.717) is 18.4 Å². The first-order valence-electron chi connectivity index (χ1n) is 7.90. The van der Waals surface area contributed by atoms with Crippen LogP contribution in [0.25, 0.3) is 11.4 Å². The number of hydrogen-bond acceptors (Lipinski definition) is 7. The van der Waals surface area contributed by atoms with E-state index >= 15 is 0 Å². The van der Waals surface area contributed by atoms with Crippen molar-refractivity contribution in [1.82, 2.24) is 15.0 Å². The normalized spacial score (nSPS) is 9.79. The van der Waals surface area contributed by atoms with E-state index in [1.165, 1.54) is 11.8 Å². The van der Waals surface area contributed by atoms with Crippen LogP contribution in [0.4, 0.5) is 0 Å². The zero-order valence-electron chi connectivity index (χ0n) is 14.3. The molecule has 0 aliphatic rings. The van der Waals surface area contributed by atoms with Crippen LogP contribution in [0.1, 0.15) is 20.8 Å². The lowest BCUT2D eigenvalue weighted by Crippen LogP contribution is -2.12. The van der Waals surface area contributed by atoms with Crippen molar-refractivity contribution in [2.45, 2.75) is 25.9 Å². The Balaban J connectivity index is 0.00000139. The van der Waals surface area contributed by atoms with Gasteiger partial charge in [0, 0.05) is 19.0 Å². The Bertz CT molecular complexity index is 597. The molecule has 2 aromatic heterocycles. The van der Waals surface area contributed by atoms with Gasteiger partial charge in [-0.2, -0.15) is 0 Å². The number of pyridine rings is 1. The third-order valence-corrected chi connectivity index (χ3v) is 3.41. The molecular formula is C17H23N3O3S. The third-order valence-electron chi connectivity index (χ3n) is 2.57. The molecule has 6 nitrogen and oxygen atoms in total. The van der Waals surface area contributed by atoms with Crippen molar-refractivity contribution in [2.75, 3.05) is 25.6 Å². The molecule has 0 atom stereocenters. The lowest BCUT2D eigenvalue weighted by molar-refractivity contribution is -0.141. The molecular weight excluding hydrogens is 326 g/mol. The van der Waals surface area contributed by atoms with Gasteiger partial charge >= 0.3 is 5.97 Å². The van der Waals surface area contributed by atoms with E-state index in [4.69, 9.17) is 9.47 Å². The number of nitrogens with zero attached hydrogens (tertiary/aromatic N) is 3. The van der Waals surface area contributed by atoms with Crippen molar-refractivity contribution >= 4 is 17.7 Å². The highest BCUT2D eigenvalue weighted by Crippen LogP contribution is 2.18. The molecule has 0 saturated carbocycles. The highest BCUT2D eigenvalue weighted by atomic mass is 32.2. The number of rotatable bonds is 8. The number of ether oxygens (including phenoxy) is 2. The van der Waals surface area contributed by atoms with Crippen molar-refractivity contribution in [2.24, 2.45) is 0 Å². The van der Waals surface area contributed by atoms with Crippen LogP contribution in [0.3, 0.4) is 0 Å². The first kappa shape index (κ1) is 20.1. The van der Waals surface area contributed by atoms with Crippen LogP contribution in [0.15, 0.2) is 41.8 Å². The SMILES string of the molecule is CC.CCOCCOC(=O)CSc1nccc(-c2ccccn2)n1. The molecule has 2 rings (SSSR count). The maximum Gasteiger partial charge on any atom is 0.316 e. The second-order valence-electron chi connectivity index (χ2n) is 4.15. The zero-order chi connectivity index (χ0) is 17.6. The Morgan fingerprint density at radius 1 is 1.08 bits per heavy atom. The van der Waals surface area contributed by atoms with Gasteiger partial charge in [-0.05, 0) is 25.1 Å². The minimum absolute atomic E-state index is 0.164. The van der Waals surface area contributed by atoms with Crippen LogP contribution < -0.4 is 0 Å². The summed E-state index contributed by atoms with van der Waals surface area (Å²) in [7, 11) is 0. The first-order chi connectivity index (χ1) is 11.8. The summed E-state index contributed by atoms with van der Waals surface area (Å²) in [6, 6.07) is 7.40. The number of carbonyl (C=O) groups excluding carboxylic acids is 1. The van der Waals surface area contributed by atoms with Gasteiger partial charge < -0.3 is 9.47 Å². The molecule has 7 heteroatoms. The minimum Gasteiger partial charge on any atom is -0.463 e. The Morgan fingerprint density at radius 2 is 1.92 bits per heavy atom. The summed E-state index contributed by atoms with van der Waals surface area (Å²) < 4.78 is 10.1. The molecule has 24 heavy (non-hydrogen) atoms. The summed E-state index contributed by atoms with van der Waals surface area (Å²) in [5.41, 5.74) is 1.49. The van der Waals surface area contributed by atoms with E-state index in [2.05, 4.69) is 15.0 Å². The van der Waals surface area contributed by atoms with Crippen molar-refractivity contribution in [3.63, 3.8) is 0 Å². The van der Waals surface area contributed by atoms with E-state index < -0.39 is 0 Å². The van der Waals surface area contributed by atoms with Gasteiger partial charge in [-0.15, -0.1) is 0 Å². The van der Waals surface area contributed by atoms with Crippen molar-refractivity contribution in [3.8, 4) is 11.4 Å². The lowest BCUT2D eigenvalue weighted by Gasteiger charge is -2.05. The number of esters is 1. The fourth-order valence-corrected chi connectivity index (χ4v) is 2.22. The average Bonchev–Trinajstić information content (AvgIpc) is 2.66. The fourth-order valence-electron chi connectivity index (χ4n) is 1.59. The van der Waals surface area contributed by atoms with Crippen molar-refractivity contribution in [1.29, 1.82) is 0 Å². The van der Waals surface area contributed by atoms with Crippen LogP contribution in [0, 0.1) is 0 Å². The number of carbonyl (C=O) groups is 1. The number of thioether (sulfide) groups is 1. The predicted octanol–water partition coefficient (Wildman–Crippen LogP) is 3.24. The summed E-state index contributed by atoms with van der Waals surface area (Å²) in [5.74, 6) is -0.144. The summed E-state index contributed by atoms with van der Waals surface area (Å²) in [5, 5.41) is 0.518. The topological polar surface area (TPSA) is 74.2 Å².